The molecule has 2 rings (SSSR count). The molecule has 0 bridgehead atoms. The van der Waals surface area contributed by atoms with Crippen LogP contribution in [0.2, 0.25) is 5.02 Å². The quantitative estimate of drug-likeness (QED) is 0.893. The molecular formula is C16H24ClNO. The van der Waals surface area contributed by atoms with Crippen molar-refractivity contribution < 1.29 is 4.74 Å². The topological polar surface area (TPSA) is 21.3 Å². The van der Waals surface area contributed by atoms with E-state index in [2.05, 4.69) is 26.1 Å². The number of aryl methyl sites for hydroxylation is 1. The van der Waals surface area contributed by atoms with E-state index >= 15 is 0 Å². The maximum Gasteiger partial charge on any atom is 0.124 e. The molecule has 2 nitrogen and oxygen atoms in total. The van der Waals surface area contributed by atoms with Crippen LogP contribution in [0.25, 0.3) is 0 Å². The number of hydrogen-bond donors (Lipinski definition) is 1. The van der Waals surface area contributed by atoms with Gasteiger partial charge in [-0.1, -0.05) is 31.5 Å². The van der Waals surface area contributed by atoms with E-state index in [4.69, 9.17) is 16.3 Å². The van der Waals surface area contributed by atoms with Crippen LogP contribution in [-0.2, 0) is 0 Å². The Bertz CT molecular complexity index is 421. The van der Waals surface area contributed by atoms with Crippen LogP contribution in [-0.4, -0.2) is 18.7 Å². The van der Waals surface area contributed by atoms with Crippen molar-refractivity contribution in [1.82, 2.24) is 5.32 Å². The second-order valence-corrected chi connectivity index (χ2v) is 6.08. The number of rotatable bonds is 4. The Morgan fingerprint density at radius 3 is 2.89 bits per heavy atom. The van der Waals surface area contributed by atoms with Crippen LogP contribution in [0, 0.1) is 12.8 Å². The maximum absolute atomic E-state index is 6.26. The summed E-state index contributed by atoms with van der Waals surface area (Å²) in [5.41, 5.74) is 1.15. The summed E-state index contributed by atoms with van der Waals surface area (Å²) in [6.07, 6.45) is 3.84. The van der Waals surface area contributed by atoms with Gasteiger partial charge < -0.3 is 10.1 Å². The van der Waals surface area contributed by atoms with Crippen LogP contribution >= 0.6 is 11.6 Å². The monoisotopic (exact) mass is 281 g/mol. The van der Waals surface area contributed by atoms with Gasteiger partial charge in [-0.05, 0) is 56.3 Å². The molecule has 106 valence electrons. The molecule has 0 radical (unpaired) electrons. The zero-order valence-corrected chi connectivity index (χ0v) is 12.8. The maximum atomic E-state index is 6.26. The fourth-order valence-electron chi connectivity index (χ4n) is 2.82. The molecule has 1 fully saturated rings. The van der Waals surface area contributed by atoms with E-state index in [9.17, 15) is 0 Å². The second kappa shape index (κ2) is 6.62. The van der Waals surface area contributed by atoms with E-state index in [1.54, 1.807) is 0 Å². The summed E-state index contributed by atoms with van der Waals surface area (Å²) in [7, 11) is 0. The van der Waals surface area contributed by atoms with E-state index in [1.807, 2.05) is 18.2 Å². The number of benzene rings is 1. The minimum Gasteiger partial charge on any atom is -0.488 e. The highest BCUT2D eigenvalue weighted by molar-refractivity contribution is 6.30. The Morgan fingerprint density at radius 1 is 1.37 bits per heavy atom. The molecular weight excluding hydrogens is 258 g/mol. The minimum atomic E-state index is 0.251. The first-order chi connectivity index (χ1) is 9.10. The molecule has 19 heavy (non-hydrogen) atoms. The first kappa shape index (κ1) is 14.7. The largest absolute Gasteiger partial charge is 0.488 e. The van der Waals surface area contributed by atoms with Gasteiger partial charge in [0.25, 0.3) is 0 Å². The Labute approximate surface area is 121 Å². The van der Waals surface area contributed by atoms with Crippen molar-refractivity contribution >= 4 is 11.6 Å². The van der Waals surface area contributed by atoms with Crippen molar-refractivity contribution in [3.63, 3.8) is 0 Å². The Balaban J connectivity index is 2.11. The van der Waals surface area contributed by atoms with Crippen molar-refractivity contribution in [1.29, 1.82) is 0 Å². The average molecular weight is 282 g/mol. The van der Waals surface area contributed by atoms with Gasteiger partial charge in [0.15, 0.2) is 0 Å². The summed E-state index contributed by atoms with van der Waals surface area (Å²) in [5, 5.41) is 4.29. The smallest absolute Gasteiger partial charge is 0.124 e. The van der Waals surface area contributed by atoms with E-state index in [1.165, 1.54) is 12.8 Å². The molecule has 1 saturated carbocycles. The lowest BCUT2D eigenvalue weighted by Gasteiger charge is -2.35. The Kier molecular flexibility index (Phi) is 5.12. The van der Waals surface area contributed by atoms with Gasteiger partial charge in [-0.2, -0.15) is 0 Å². The van der Waals surface area contributed by atoms with Gasteiger partial charge in [0.2, 0.25) is 0 Å². The molecule has 1 aromatic carbocycles. The van der Waals surface area contributed by atoms with Gasteiger partial charge in [0, 0.05) is 11.1 Å². The summed E-state index contributed by atoms with van der Waals surface area (Å²) < 4.78 is 6.26. The third-order valence-electron chi connectivity index (χ3n) is 3.95. The number of nitrogens with one attached hydrogen (secondary N) is 1. The molecule has 1 aliphatic rings. The van der Waals surface area contributed by atoms with Gasteiger partial charge in [-0.25, -0.2) is 0 Å². The van der Waals surface area contributed by atoms with Gasteiger partial charge in [0.1, 0.15) is 11.9 Å². The Hall–Kier alpha value is -0.730. The van der Waals surface area contributed by atoms with Crippen molar-refractivity contribution in [2.45, 2.75) is 52.2 Å². The van der Waals surface area contributed by atoms with Crippen LogP contribution in [0.15, 0.2) is 18.2 Å². The van der Waals surface area contributed by atoms with E-state index in [0.29, 0.717) is 6.04 Å². The molecule has 0 spiro atoms. The highest BCUT2D eigenvalue weighted by Gasteiger charge is 2.29. The SMILES string of the molecule is CCNC1CCC(C)CC1Oc1cc(Cl)ccc1C. The predicted molar refractivity (Wildman–Crippen MR) is 81.1 cm³/mol. The van der Waals surface area contributed by atoms with E-state index in [-0.39, 0.29) is 6.10 Å². The molecule has 0 aliphatic heterocycles. The normalized spacial score (nSPS) is 27.3. The summed E-state index contributed by atoms with van der Waals surface area (Å²) >= 11 is 6.07. The molecule has 3 atom stereocenters. The molecule has 0 aromatic heterocycles. The number of likely N-dealkylation sites (N-methyl/N-ethyl adjacent to an activating group) is 1. The first-order valence-corrected chi connectivity index (χ1v) is 7.64. The number of ether oxygens (including phenoxy) is 1. The highest BCUT2D eigenvalue weighted by Crippen LogP contribution is 2.30. The predicted octanol–water partition coefficient (Wildman–Crippen LogP) is 4.19. The highest BCUT2D eigenvalue weighted by atomic mass is 35.5. The van der Waals surface area contributed by atoms with Crippen LogP contribution < -0.4 is 10.1 Å². The van der Waals surface area contributed by atoms with E-state index < -0.39 is 0 Å². The van der Waals surface area contributed by atoms with Crippen molar-refractivity contribution in [3.8, 4) is 5.75 Å². The molecule has 3 unspecified atom stereocenters. The zero-order valence-electron chi connectivity index (χ0n) is 12.1. The van der Waals surface area contributed by atoms with Crippen LogP contribution in [0.4, 0.5) is 0 Å². The second-order valence-electron chi connectivity index (χ2n) is 5.65. The van der Waals surface area contributed by atoms with Gasteiger partial charge in [-0.3, -0.25) is 0 Å². The fraction of sp³-hybridized carbons (Fsp3) is 0.625. The Morgan fingerprint density at radius 2 is 2.16 bits per heavy atom. The molecule has 1 aliphatic carbocycles. The number of hydrogen-bond acceptors (Lipinski definition) is 2. The fourth-order valence-corrected chi connectivity index (χ4v) is 2.98. The molecule has 0 amide bonds. The first-order valence-electron chi connectivity index (χ1n) is 7.26. The van der Waals surface area contributed by atoms with Crippen LogP contribution in [0.5, 0.6) is 5.75 Å². The summed E-state index contributed by atoms with van der Waals surface area (Å²) in [6.45, 7) is 7.52. The van der Waals surface area contributed by atoms with Gasteiger partial charge in [-0.15, -0.1) is 0 Å². The standard InChI is InChI=1S/C16H24ClNO/c1-4-18-14-8-5-11(2)9-16(14)19-15-10-13(17)7-6-12(15)3/h6-7,10-11,14,16,18H,4-5,8-9H2,1-3H3. The third kappa shape index (κ3) is 3.87. The van der Waals surface area contributed by atoms with Crippen molar-refractivity contribution in [3.05, 3.63) is 28.8 Å². The lowest BCUT2D eigenvalue weighted by Crippen LogP contribution is -2.46. The molecule has 0 heterocycles. The molecule has 3 heteroatoms. The van der Waals surface area contributed by atoms with Crippen molar-refractivity contribution in [2.24, 2.45) is 5.92 Å². The molecule has 0 saturated heterocycles. The molecule has 1 N–H and O–H groups in total. The lowest BCUT2D eigenvalue weighted by molar-refractivity contribution is 0.0910. The van der Waals surface area contributed by atoms with Crippen LogP contribution in [0.1, 0.15) is 38.7 Å². The summed E-state index contributed by atoms with van der Waals surface area (Å²) in [4.78, 5) is 0. The van der Waals surface area contributed by atoms with Crippen molar-refractivity contribution in [2.75, 3.05) is 6.54 Å². The third-order valence-corrected chi connectivity index (χ3v) is 4.18. The zero-order chi connectivity index (χ0) is 13.8. The van der Waals surface area contributed by atoms with E-state index in [0.717, 1.165) is 35.2 Å². The minimum absolute atomic E-state index is 0.251. The van der Waals surface area contributed by atoms with Gasteiger partial charge in [0.05, 0.1) is 0 Å². The number of halogens is 1. The average Bonchev–Trinajstić information content (AvgIpc) is 2.37. The van der Waals surface area contributed by atoms with Gasteiger partial charge >= 0.3 is 0 Å². The van der Waals surface area contributed by atoms with Crippen LogP contribution in [0.3, 0.4) is 0 Å². The lowest BCUT2D eigenvalue weighted by atomic mass is 9.85. The molecule has 1 aromatic rings. The summed E-state index contributed by atoms with van der Waals surface area (Å²) in [6, 6.07) is 6.32. The summed E-state index contributed by atoms with van der Waals surface area (Å²) in [5.74, 6) is 1.66.